The van der Waals surface area contributed by atoms with Crippen molar-refractivity contribution in [3.63, 3.8) is 0 Å². The fraction of sp³-hybridized carbons (Fsp3) is 0.533. The Hall–Kier alpha value is -1.60. The molecule has 1 amide bonds. The number of nitrogens with one attached hydrogen (secondary N) is 1. The molecule has 0 aliphatic heterocycles. The number of benzene rings is 1. The summed E-state index contributed by atoms with van der Waals surface area (Å²) in [5, 5.41) is 2.62. The highest BCUT2D eigenvalue weighted by molar-refractivity contribution is 7.89. The fourth-order valence-corrected chi connectivity index (χ4v) is 2.89. The van der Waals surface area contributed by atoms with E-state index < -0.39 is 10.0 Å². The summed E-state index contributed by atoms with van der Waals surface area (Å²) >= 11 is 0. The average Bonchev–Trinajstić information content (AvgIpc) is 2.52. The summed E-state index contributed by atoms with van der Waals surface area (Å²) in [6.07, 6.45) is 1.77. The molecule has 1 aromatic rings. The van der Waals surface area contributed by atoms with Crippen LogP contribution in [0.2, 0.25) is 0 Å². The number of ether oxygens (including phenoxy) is 1. The number of amides is 1. The molecule has 0 aliphatic rings. The van der Waals surface area contributed by atoms with Crippen LogP contribution in [0.5, 0.6) is 5.75 Å². The molecule has 6 nitrogen and oxygen atoms in total. The largest absolute Gasteiger partial charge is 0.497 e. The molecular weight excluding hydrogens is 304 g/mol. The molecule has 0 bridgehead atoms. The van der Waals surface area contributed by atoms with E-state index in [1.165, 1.54) is 4.31 Å². The predicted octanol–water partition coefficient (Wildman–Crippen LogP) is 1.49. The normalized spacial score (nSPS) is 11.5. The molecule has 124 valence electrons. The highest BCUT2D eigenvalue weighted by Crippen LogP contribution is 2.11. The van der Waals surface area contributed by atoms with Gasteiger partial charge in [-0.3, -0.25) is 4.79 Å². The van der Waals surface area contributed by atoms with Gasteiger partial charge in [-0.2, -0.15) is 0 Å². The van der Waals surface area contributed by atoms with Crippen LogP contribution in [-0.2, 0) is 10.0 Å². The van der Waals surface area contributed by atoms with E-state index in [-0.39, 0.29) is 18.2 Å². The van der Waals surface area contributed by atoms with Gasteiger partial charge in [0.1, 0.15) is 5.75 Å². The number of hydrogen-bond acceptors (Lipinski definition) is 4. The lowest BCUT2D eigenvalue weighted by Crippen LogP contribution is -2.36. The Morgan fingerprint density at radius 3 is 2.45 bits per heavy atom. The molecule has 0 atom stereocenters. The van der Waals surface area contributed by atoms with E-state index in [0.717, 1.165) is 12.8 Å². The van der Waals surface area contributed by atoms with Gasteiger partial charge in [0.15, 0.2) is 0 Å². The lowest BCUT2D eigenvalue weighted by Gasteiger charge is -2.16. The topological polar surface area (TPSA) is 75.7 Å². The van der Waals surface area contributed by atoms with Gasteiger partial charge in [0, 0.05) is 25.7 Å². The predicted molar refractivity (Wildman–Crippen MR) is 86.7 cm³/mol. The first-order valence-corrected chi connectivity index (χ1v) is 8.88. The van der Waals surface area contributed by atoms with E-state index in [0.29, 0.717) is 17.9 Å². The number of nitrogens with zero attached hydrogens (tertiary/aromatic N) is 1. The van der Waals surface area contributed by atoms with Gasteiger partial charge < -0.3 is 10.1 Å². The molecule has 0 spiro atoms. The Balaban J connectivity index is 2.46. The van der Waals surface area contributed by atoms with E-state index in [4.69, 9.17) is 4.74 Å². The van der Waals surface area contributed by atoms with Gasteiger partial charge in [0.25, 0.3) is 5.91 Å². The van der Waals surface area contributed by atoms with Crippen LogP contribution in [0.4, 0.5) is 0 Å². The Kier molecular flexibility index (Phi) is 7.34. The molecule has 0 unspecified atom stereocenters. The van der Waals surface area contributed by atoms with Crippen molar-refractivity contribution in [3.8, 4) is 5.75 Å². The van der Waals surface area contributed by atoms with Crippen LogP contribution in [-0.4, -0.2) is 51.6 Å². The lowest BCUT2D eigenvalue weighted by molar-refractivity contribution is 0.0956. The van der Waals surface area contributed by atoms with E-state index in [1.54, 1.807) is 38.4 Å². The summed E-state index contributed by atoms with van der Waals surface area (Å²) in [6.45, 7) is 2.60. The monoisotopic (exact) mass is 328 g/mol. The zero-order valence-corrected chi connectivity index (χ0v) is 14.1. The van der Waals surface area contributed by atoms with Crippen LogP contribution in [0.25, 0.3) is 0 Å². The van der Waals surface area contributed by atoms with Gasteiger partial charge in [-0.1, -0.05) is 13.3 Å². The molecule has 7 heteroatoms. The Labute approximate surface area is 132 Å². The van der Waals surface area contributed by atoms with Crippen molar-refractivity contribution in [2.75, 3.05) is 33.0 Å². The molecule has 1 rings (SSSR count). The maximum absolute atomic E-state index is 12.0. The van der Waals surface area contributed by atoms with Crippen LogP contribution < -0.4 is 10.1 Å². The zero-order chi connectivity index (χ0) is 16.6. The van der Waals surface area contributed by atoms with Gasteiger partial charge in [-0.25, -0.2) is 12.7 Å². The highest BCUT2D eigenvalue weighted by atomic mass is 32.2. The first-order chi connectivity index (χ1) is 10.4. The number of carbonyl (C=O) groups excluding carboxylic acids is 1. The van der Waals surface area contributed by atoms with Crippen molar-refractivity contribution < 1.29 is 17.9 Å². The molecule has 1 N–H and O–H groups in total. The minimum absolute atomic E-state index is 0.0870. The molecule has 0 heterocycles. The average molecular weight is 328 g/mol. The van der Waals surface area contributed by atoms with E-state index in [9.17, 15) is 13.2 Å². The van der Waals surface area contributed by atoms with E-state index >= 15 is 0 Å². The summed E-state index contributed by atoms with van der Waals surface area (Å²) in [7, 11) is -0.206. The smallest absolute Gasteiger partial charge is 0.251 e. The second-order valence-electron chi connectivity index (χ2n) is 4.98. The number of rotatable bonds is 9. The molecular formula is C15H24N2O4S. The summed E-state index contributed by atoms with van der Waals surface area (Å²) in [5.41, 5.74) is 0.470. The van der Waals surface area contributed by atoms with Crippen molar-refractivity contribution in [2.24, 2.45) is 0 Å². The number of methoxy groups -OCH3 is 1. The lowest BCUT2D eigenvalue weighted by atomic mass is 10.2. The van der Waals surface area contributed by atoms with Gasteiger partial charge in [-0.05, 0) is 30.7 Å². The third-order valence-corrected chi connectivity index (χ3v) is 5.15. The second kappa shape index (κ2) is 8.75. The quantitative estimate of drug-likeness (QED) is 0.745. The van der Waals surface area contributed by atoms with Crippen molar-refractivity contribution in [2.45, 2.75) is 19.8 Å². The van der Waals surface area contributed by atoms with Crippen LogP contribution in [0, 0.1) is 0 Å². The molecule has 0 fully saturated rings. The first kappa shape index (κ1) is 18.4. The summed E-state index contributed by atoms with van der Waals surface area (Å²) in [4.78, 5) is 11.9. The minimum atomic E-state index is -3.32. The Morgan fingerprint density at radius 2 is 1.91 bits per heavy atom. The van der Waals surface area contributed by atoms with Gasteiger partial charge in [-0.15, -0.1) is 0 Å². The second-order valence-corrected chi connectivity index (χ2v) is 7.17. The Morgan fingerprint density at radius 1 is 1.27 bits per heavy atom. The summed E-state index contributed by atoms with van der Waals surface area (Å²) < 4.78 is 30.4. The molecule has 0 saturated carbocycles. The number of unbranched alkanes of at least 4 members (excludes halogenated alkanes) is 1. The van der Waals surface area contributed by atoms with Crippen molar-refractivity contribution in [1.29, 1.82) is 0 Å². The number of carbonyl (C=O) groups is 1. The van der Waals surface area contributed by atoms with Crippen LogP contribution in [0.1, 0.15) is 30.1 Å². The summed E-state index contributed by atoms with van der Waals surface area (Å²) in [6, 6.07) is 6.64. The third-order valence-electron chi connectivity index (χ3n) is 3.30. The van der Waals surface area contributed by atoms with Crippen LogP contribution >= 0.6 is 0 Å². The van der Waals surface area contributed by atoms with Gasteiger partial charge >= 0.3 is 0 Å². The Bertz CT molecular complexity index is 570. The van der Waals surface area contributed by atoms with E-state index in [1.807, 2.05) is 6.92 Å². The molecule has 22 heavy (non-hydrogen) atoms. The molecule has 0 radical (unpaired) electrons. The fourth-order valence-electron chi connectivity index (χ4n) is 1.81. The van der Waals surface area contributed by atoms with Crippen molar-refractivity contribution in [3.05, 3.63) is 29.8 Å². The van der Waals surface area contributed by atoms with E-state index in [2.05, 4.69) is 5.32 Å². The van der Waals surface area contributed by atoms with Gasteiger partial charge in [0.2, 0.25) is 10.0 Å². The molecule has 0 aromatic heterocycles. The van der Waals surface area contributed by atoms with Crippen LogP contribution in [0.3, 0.4) is 0 Å². The van der Waals surface area contributed by atoms with Crippen molar-refractivity contribution >= 4 is 15.9 Å². The third kappa shape index (κ3) is 5.65. The summed E-state index contributed by atoms with van der Waals surface area (Å²) in [5.74, 6) is 0.264. The maximum Gasteiger partial charge on any atom is 0.251 e. The molecule has 0 saturated heterocycles. The van der Waals surface area contributed by atoms with Crippen LogP contribution in [0.15, 0.2) is 24.3 Å². The minimum Gasteiger partial charge on any atom is -0.497 e. The zero-order valence-electron chi connectivity index (χ0n) is 13.3. The standard InChI is InChI=1S/C15H24N2O4S/c1-4-5-11-17(2)22(19,20)12-10-16-15(18)13-6-8-14(21-3)9-7-13/h6-9H,4-5,10-12H2,1-3H3,(H,16,18). The SMILES string of the molecule is CCCCN(C)S(=O)(=O)CCNC(=O)c1ccc(OC)cc1. The number of hydrogen-bond donors (Lipinski definition) is 1. The molecule has 1 aromatic carbocycles. The maximum atomic E-state index is 12.0. The molecule has 0 aliphatic carbocycles. The van der Waals surface area contributed by atoms with Crippen molar-refractivity contribution in [1.82, 2.24) is 9.62 Å². The van der Waals surface area contributed by atoms with Gasteiger partial charge in [0.05, 0.1) is 12.9 Å². The first-order valence-electron chi connectivity index (χ1n) is 7.27. The number of sulfonamides is 1. The highest BCUT2D eigenvalue weighted by Gasteiger charge is 2.17.